The third kappa shape index (κ3) is 4.69. The molecule has 0 fully saturated rings. The summed E-state index contributed by atoms with van der Waals surface area (Å²) in [4.78, 5) is 24.4. The molecule has 1 atom stereocenters. The van der Waals surface area contributed by atoms with E-state index in [1.165, 1.54) is 16.0 Å². The summed E-state index contributed by atoms with van der Waals surface area (Å²) in [6.45, 7) is 7.13. The average molecular weight is 490 g/mol. The van der Waals surface area contributed by atoms with E-state index in [1.807, 2.05) is 32.0 Å². The number of ketones is 1. The molecule has 0 saturated carbocycles. The van der Waals surface area contributed by atoms with Crippen LogP contribution in [0.3, 0.4) is 0 Å². The molecule has 0 amide bonds. The van der Waals surface area contributed by atoms with Crippen LogP contribution in [0, 0.1) is 19.8 Å². The fourth-order valence-electron chi connectivity index (χ4n) is 5.03. The zero-order chi connectivity index (χ0) is 24.5. The third-order valence-electron chi connectivity index (χ3n) is 7.05. The summed E-state index contributed by atoms with van der Waals surface area (Å²) in [5, 5.41) is 0.997. The highest BCUT2D eigenvalue weighted by molar-refractivity contribution is 7.18. The molecule has 182 valence electrons. The number of hydrogen-bond acceptors (Lipinski definition) is 6. The highest BCUT2D eigenvalue weighted by atomic mass is 32.1. The van der Waals surface area contributed by atoms with Gasteiger partial charge in [0.05, 0.1) is 12.5 Å². The number of nitrogens with zero attached hydrogens (tertiary/aromatic N) is 3. The van der Waals surface area contributed by atoms with E-state index < -0.39 is 0 Å². The van der Waals surface area contributed by atoms with Crippen molar-refractivity contribution < 1.29 is 14.3 Å². The van der Waals surface area contributed by atoms with E-state index in [4.69, 9.17) is 9.47 Å². The van der Waals surface area contributed by atoms with Gasteiger partial charge in [-0.2, -0.15) is 0 Å². The smallest absolute Gasteiger partial charge is 0.226 e. The van der Waals surface area contributed by atoms with Gasteiger partial charge in [-0.15, -0.1) is 11.3 Å². The van der Waals surface area contributed by atoms with Crippen LogP contribution in [0.25, 0.3) is 10.2 Å². The maximum Gasteiger partial charge on any atom is 0.226 e. The largest absolute Gasteiger partial charge is 0.497 e. The fourth-order valence-corrected chi connectivity index (χ4v) is 6.37. The molecule has 6 nitrogen and oxygen atoms in total. The number of aromatic nitrogens is 3. The minimum Gasteiger partial charge on any atom is -0.497 e. The van der Waals surface area contributed by atoms with Gasteiger partial charge >= 0.3 is 0 Å². The lowest BCUT2D eigenvalue weighted by Gasteiger charge is -2.18. The summed E-state index contributed by atoms with van der Waals surface area (Å²) in [7, 11) is 1.67. The molecule has 3 aromatic heterocycles. The Kier molecular flexibility index (Phi) is 6.60. The molecule has 1 aliphatic rings. The predicted octanol–water partition coefficient (Wildman–Crippen LogP) is 5.75. The second kappa shape index (κ2) is 9.82. The summed E-state index contributed by atoms with van der Waals surface area (Å²) >= 11 is 1.74. The lowest BCUT2D eigenvalue weighted by atomic mass is 9.89. The first-order valence-corrected chi connectivity index (χ1v) is 13.0. The third-order valence-corrected chi connectivity index (χ3v) is 8.22. The number of benzene rings is 1. The highest BCUT2D eigenvalue weighted by Gasteiger charge is 2.24. The monoisotopic (exact) mass is 489 g/mol. The topological polar surface area (TPSA) is 66.2 Å². The maximum absolute atomic E-state index is 13.2. The molecule has 1 aromatic carbocycles. The number of methoxy groups -OCH3 is 1. The van der Waals surface area contributed by atoms with E-state index >= 15 is 0 Å². The van der Waals surface area contributed by atoms with Crippen LogP contribution in [0.2, 0.25) is 0 Å². The van der Waals surface area contributed by atoms with Crippen LogP contribution < -0.4 is 9.47 Å². The quantitative estimate of drug-likeness (QED) is 0.295. The fraction of sp³-hybridized carbons (Fsp3) is 0.393. The molecule has 7 heteroatoms. The van der Waals surface area contributed by atoms with Crippen molar-refractivity contribution in [2.24, 2.45) is 5.92 Å². The zero-order valence-electron chi connectivity index (χ0n) is 20.8. The number of hydrogen-bond donors (Lipinski definition) is 0. The first-order chi connectivity index (χ1) is 16.9. The molecule has 0 bridgehead atoms. The van der Waals surface area contributed by atoms with Crippen LogP contribution in [-0.4, -0.2) is 34.0 Å². The highest BCUT2D eigenvalue weighted by Crippen LogP contribution is 2.40. The van der Waals surface area contributed by atoms with Gasteiger partial charge in [0.15, 0.2) is 6.61 Å². The van der Waals surface area contributed by atoms with Gasteiger partial charge in [-0.1, -0.05) is 19.1 Å². The Morgan fingerprint density at radius 1 is 1.20 bits per heavy atom. The Morgan fingerprint density at radius 3 is 2.77 bits per heavy atom. The lowest BCUT2D eigenvalue weighted by Crippen LogP contribution is -2.14. The minimum absolute atomic E-state index is 0.0294. The number of carbonyl (C=O) groups excluding carboxylic acids is 1. The van der Waals surface area contributed by atoms with Crippen LogP contribution in [-0.2, 0) is 25.8 Å². The van der Waals surface area contributed by atoms with Gasteiger partial charge < -0.3 is 14.0 Å². The molecule has 0 saturated heterocycles. The molecule has 0 spiro atoms. The molecular weight excluding hydrogens is 458 g/mol. The maximum atomic E-state index is 13.2. The minimum atomic E-state index is -0.0318. The number of aryl methyl sites for hydroxylation is 3. The van der Waals surface area contributed by atoms with Crippen molar-refractivity contribution >= 4 is 27.3 Å². The molecule has 0 aliphatic heterocycles. The van der Waals surface area contributed by atoms with Crippen molar-refractivity contribution in [1.29, 1.82) is 0 Å². The van der Waals surface area contributed by atoms with E-state index in [0.717, 1.165) is 59.6 Å². The summed E-state index contributed by atoms with van der Waals surface area (Å²) in [5.74, 6) is 2.05. The van der Waals surface area contributed by atoms with E-state index in [9.17, 15) is 4.79 Å². The van der Waals surface area contributed by atoms with Crippen LogP contribution in [0.5, 0.6) is 11.6 Å². The van der Waals surface area contributed by atoms with Crippen LogP contribution in [0.1, 0.15) is 51.1 Å². The number of thiophene rings is 1. The normalized spacial score (nSPS) is 15.3. The van der Waals surface area contributed by atoms with Gasteiger partial charge in [0, 0.05) is 28.4 Å². The number of fused-ring (bicyclic) bond motifs is 3. The van der Waals surface area contributed by atoms with Crippen LogP contribution >= 0.6 is 11.3 Å². The molecule has 4 aromatic rings. The summed E-state index contributed by atoms with van der Waals surface area (Å²) in [6.07, 6.45) is 5.68. The van der Waals surface area contributed by atoms with Gasteiger partial charge in [-0.3, -0.25) is 4.79 Å². The number of carbonyl (C=O) groups is 1. The Hall–Kier alpha value is -3.19. The summed E-state index contributed by atoms with van der Waals surface area (Å²) in [6, 6.07) is 10.1. The molecular formula is C28H31N3O3S. The van der Waals surface area contributed by atoms with Crippen molar-refractivity contribution in [3.8, 4) is 11.6 Å². The van der Waals surface area contributed by atoms with Gasteiger partial charge in [-0.05, 0) is 74.8 Å². The molecule has 0 unspecified atom stereocenters. The van der Waals surface area contributed by atoms with E-state index in [2.05, 4.69) is 33.6 Å². The van der Waals surface area contributed by atoms with E-state index in [1.54, 1.807) is 24.8 Å². The van der Waals surface area contributed by atoms with E-state index in [-0.39, 0.29) is 12.4 Å². The van der Waals surface area contributed by atoms with Crippen molar-refractivity contribution in [3.63, 3.8) is 0 Å². The molecule has 3 heterocycles. The molecule has 1 aliphatic carbocycles. The number of rotatable bonds is 8. The Labute approximate surface area is 209 Å². The Morgan fingerprint density at radius 2 is 2.00 bits per heavy atom. The van der Waals surface area contributed by atoms with Crippen molar-refractivity contribution in [2.45, 2.75) is 53.0 Å². The second-order valence-corrected chi connectivity index (χ2v) is 10.5. The summed E-state index contributed by atoms with van der Waals surface area (Å²) < 4.78 is 13.5. The van der Waals surface area contributed by atoms with E-state index in [0.29, 0.717) is 17.4 Å². The SMILES string of the molecule is COc1ccc(CCn2c(C)cc(C(=O)COc3ncnc4sc5c(c34)CC[C@H](C)C5)c2C)cc1. The van der Waals surface area contributed by atoms with Crippen LogP contribution in [0.15, 0.2) is 36.7 Å². The average Bonchev–Trinajstić information content (AvgIpc) is 3.37. The van der Waals surface area contributed by atoms with Crippen molar-refractivity contribution in [3.05, 3.63) is 69.6 Å². The lowest BCUT2D eigenvalue weighted by molar-refractivity contribution is 0.0918. The molecule has 0 N–H and O–H groups in total. The molecule has 35 heavy (non-hydrogen) atoms. The van der Waals surface area contributed by atoms with Gasteiger partial charge in [0.1, 0.15) is 16.9 Å². The Bertz CT molecular complexity index is 1370. The zero-order valence-corrected chi connectivity index (χ0v) is 21.6. The van der Waals surface area contributed by atoms with Gasteiger partial charge in [0.25, 0.3) is 0 Å². The van der Waals surface area contributed by atoms with Crippen molar-refractivity contribution in [1.82, 2.24) is 14.5 Å². The number of Topliss-reactive ketones (excluding diaryl/α,β-unsaturated/α-hetero) is 1. The molecule has 5 rings (SSSR count). The Balaban J connectivity index is 1.30. The second-order valence-electron chi connectivity index (χ2n) is 9.46. The van der Waals surface area contributed by atoms with Gasteiger partial charge in [-0.25, -0.2) is 9.97 Å². The summed E-state index contributed by atoms with van der Waals surface area (Å²) in [5.41, 5.74) is 5.30. The van der Waals surface area contributed by atoms with Crippen molar-refractivity contribution in [2.75, 3.05) is 13.7 Å². The van der Waals surface area contributed by atoms with Crippen LogP contribution in [0.4, 0.5) is 0 Å². The van der Waals surface area contributed by atoms with Gasteiger partial charge in [0.2, 0.25) is 11.7 Å². The number of ether oxygens (including phenoxy) is 2. The first-order valence-electron chi connectivity index (χ1n) is 12.2. The molecule has 0 radical (unpaired) electrons. The standard InChI is InChI=1S/C28H31N3O3S/c1-17-5-10-22-25(13-17)35-28-26(22)27(29-16-30-28)34-15-24(32)23-14-18(2)31(19(23)3)12-11-20-6-8-21(33-4)9-7-20/h6-9,14,16-17H,5,10-13,15H2,1-4H3/t17-/m0/s1. The first kappa shape index (κ1) is 23.5. The predicted molar refractivity (Wildman–Crippen MR) is 139 cm³/mol.